The van der Waals surface area contributed by atoms with Gasteiger partial charge in [-0.1, -0.05) is 33.6 Å². The van der Waals surface area contributed by atoms with Gasteiger partial charge in [0.2, 0.25) is 0 Å². The van der Waals surface area contributed by atoms with Crippen LogP contribution in [0.2, 0.25) is 0 Å². The quantitative estimate of drug-likeness (QED) is 0.780. The summed E-state index contributed by atoms with van der Waals surface area (Å²) in [6.07, 6.45) is 6.84. The lowest BCUT2D eigenvalue weighted by Gasteiger charge is -2.47. The smallest absolute Gasteiger partial charge is 0.0278 e. The Balaban J connectivity index is 1.99. The van der Waals surface area contributed by atoms with Crippen LogP contribution in [-0.2, 0) is 0 Å². The zero-order valence-electron chi connectivity index (χ0n) is 12.8. The van der Waals surface area contributed by atoms with E-state index in [1.165, 1.54) is 51.7 Å². The van der Waals surface area contributed by atoms with Crippen molar-refractivity contribution < 1.29 is 0 Å². The first-order valence-electron chi connectivity index (χ1n) is 8.11. The normalized spacial score (nSPS) is 34.2. The summed E-state index contributed by atoms with van der Waals surface area (Å²) in [5, 5.41) is 3.81. The third-order valence-electron chi connectivity index (χ3n) is 5.35. The van der Waals surface area contributed by atoms with Gasteiger partial charge in [-0.3, -0.25) is 4.90 Å². The van der Waals surface area contributed by atoms with Crippen LogP contribution in [0.4, 0.5) is 0 Å². The van der Waals surface area contributed by atoms with Gasteiger partial charge in [0.15, 0.2) is 0 Å². The molecule has 0 amide bonds. The fourth-order valence-corrected chi connectivity index (χ4v) is 3.36. The van der Waals surface area contributed by atoms with Gasteiger partial charge in [-0.05, 0) is 38.0 Å². The highest BCUT2D eigenvalue weighted by Gasteiger charge is 2.42. The predicted molar refractivity (Wildman–Crippen MR) is 78.9 cm³/mol. The van der Waals surface area contributed by atoms with E-state index in [1.807, 2.05) is 0 Å². The summed E-state index contributed by atoms with van der Waals surface area (Å²) in [5.41, 5.74) is 0.345. The SMILES string of the molecule is CCC(CC)CN1CC(C)(CC)NCC1C1CC1. The third kappa shape index (κ3) is 3.27. The molecule has 18 heavy (non-hydrogen) atoms. The summed E-state index contributed by atoms with van der Waals surface area (Å²) in [4.78, 5) is 2.83. The number of hydrogen-bond acceptors (Lipinski definition) is 2. The standard InChI is InChI=1S/C16H32N2/c1-5-13(6-2)11-18-12-16(4,7-3)17-10-15(18)14-8-9-14/h13-15,17H,5-12H2,1-4H3. The predicted octanol–water partition coefficient (Wildman–Crippen LogP) is 3.28. The molecule has 106 valence electrons. The van der Waals surface area contributed by atoms with Crippen molar-refractivity contribution >= 4 is 0 Å². The Morgan fingerprint density at radius 1 is 1.22 bits per heavy atom. The molecule has 0 aromatic heterocycles. The van der Waals surface area contributed by atoms with Crippen LogP contribution in [0.25, 0.3) is 0 Å². The molecule has 2 heteroatoms. The molecule has 2 atom stereocenters. The maximum Gasteiger partial charge on any atom is 0.0278 e. The van der Waals surface area contributed by atoms with Gasteiger partial charge in [0.05, 0.1) is 0 Å². The molecule has 2 fully saturated rings. The number of nitrogens with one attached hydrogen (secondary N) is 1. The van der Waals surface area contributed by atoms with E-state index in [2.05, 4.69) is 37.9 Å². The van der Waals surface area contributed by atoms with Crippen LogP contribution in [0.5, 0.6) is 0 Å². The highest BCUT2D eigenvalue weighted by molar-refractivity contribution is 5.00. The van der Waals surface area contributed by atoms with Gasteiger partial charge in [0.1, 0.15) is 0 Å². The van der Waals surface area contributed by atoms with E-state index in [1.54, 1.807) is 0 Å². The minimum atomic E-state index is 0.345. The lowest BCUT2D eigenvalue weighted by atomic mass is 9.90. The van der Waals surface area contributed by atoms with Crippen molar-refractivity contribution in [2.45, 2.75) is 71.4 Å². The van der Waals surface area contributed by atoms with E-state index >= 15 is 0 Å². The van der Waals surface area contributed by atoms with E-state index in [9.17, 15) is 0 Å². The van der Waals surface area contributed by atoms with Crippen molar-refractivity contribution in [2.24, 2.45) is 11.8 Å². The number of nitrogens with zero attached hydrogens (tertiary/aromatic N) is 1. The molecule has 2 aliphatic rings. The van der Waals surface area contributed by atoms with Gasteiger partial charge in [-0.15, -0.1) is 0 Å². The largest absolute Gasteiger partial charge is 0.309 e. The summed E-state index contributed by atoms with van der Waals surface area (Å²) < 4.78 is 0. The molecule has 0 radical (unpaired) electrons. The average Bonchev–Trinajstić information content (AvgIpc) is 3.20. The molecule has 0 spiro atoms. The van der Waals surface area contributed by atoms with Crippen LogP contribution < -0.4 is 5.32 Å². The van der Waals surface area contributed by atoms with Crippen LogP contribution in [0.15, 0.2) is 0 Å². The molecule has 1 aliphatic carbocycles. The molecule has 1 N–H and O–H groups in total. The van der Waals surface area contributed by atoms with Crippen LogP contribution in [0.1, 0.15) is 59.8 Å². The van der Waals surface area contributed by atoms with Crippen molar-refractivity contribution in [3.8, 4) is 0 Å². The first-order chi connectivity index (χ1) is 8.61. The first kappa shape index (κ1) is 14.3. The second-order valence-electron chi connectivity index (χ2n) is 6.81. The summed E-state index contributed by atoms with van der Waals surface area (Å²) in [6, 6.07) is 0.824. The second kappa shape index (κ2) is 5.92. The molecule has 2 rings (SSSR count). The van der Waals surface area contributed by atoms with Crippen molar-refractivity contribution in [3.63, 3.8) is 0 Å². The molecule has 2 unspecified atom stereocenters. The number of piperazine rings is 1. The second-order valence-corrected chi connectivity index (χ2v) is 6.81. The van der Waals surface area contributed by atoms with Crippen molar-refractivity contribution in [1.29, 1.82) is 0 Å². The van der Waals surface area contributed by atoms with E-state index in [0.717, 1.165) is 17.9 Å². The lowest BCUT2D eigenvalue weighted by molar-refractivity contribution is 0.0574. The number of hydrogen-bond donors (Lipinski definition) is 1. The molecule has 0 bridgehead atoms. The van der Waals surface area contributed by atoms with Gasteiger partial charge >= 0.3 is 0 Å². The zero-order valence-corrected chi connectivity index (χ0v) is 12.8. The molecule has 1 heterocycles. The highest BCUT2D eigenvalue weighted by Crippen LogP contribution is 2.38. The summed E-state index contributed by atoms with van der Waals surface area (Å²) in [6.45, 7) is 13.2. The van der Waals surface area contributed by atoms with Crippen LogP contribution >= 0.6 is 0 Å². The zero-order chi connectivity index (χ0) is 13.2. The van der Waals surface area contributed by atoms with Gasteiger partial charge < -0.3 is 5.32 Å². The van der Waals surface area contributed by atoms with Crippen molar-refractivity contribution in [3.05, 3.63) is 0 Å². The van der Waals surface area contributed by atoms with Crippen molar-refractivity contribution in [2.75, 3.05) is 19.6 Å². The third-order valence-corrected chi connectivity index (χ3v) is 5.35. The molecule has 0 aromatic carbocycles. The maximum absolute atomic E-state index is 3.81. The maximum atomic E-state index is 3.81. The van der Waals surface area contributed by atoms with Gasteiger partial charge in [0.25, 0.3) is 0 Å². The van der Waals surface area contributed by atoms with Gasteiger partial charge in [-0.2, -0.15) is 0 Å². The molecule has 1 saturated carbocycles. The summed E-state index contributed by atoms with van der Waals surface area (Å²) in [5.74, 6) is 1.89. The Hall–Kier alpha value is -0.0800. The fourth-order valence-electron chi connectivity index (χ4n) is 3.36. The lowest BCUT2D eigenvalue weighted by Crippen LogP contribution is -2.63. The minimum absolute atomic E-state index is 0.345. The Morgan fingerprint density at radius 3 is 2.39 bits per heavy atom. The summed E-state index contributed by atoms with van der Waals surface area (Å²) in [7, 11) is 0. The minimum Gasteiger partial charge on any atom is -0.309 e. The van der Waals surface area contributed by atoms with Crippen LogP contribution in [0, 0.1) is 11.8 Å². The van der Waals surface area contributed by atoms with E-state index in [-0.39, 0.29) is 0 Å². The van der Waals surface area contributed by atoms with E-state index in [0.29, 0.717) is 5.54 Å². The summed E-state index contributed by atoms with van der Waals surface area (Å²) >= 11 is 0. The molecule has 1 aliphatic heterocycles. The number of rotatable bonds is 6. The van der Waals surface area contributed by atoms with Crippen molar-refractivity contribution in [1.82, 2.24) is 10.2 Å². The van der Waals surface area contributed by atoms with E-state index < -0.39 is 0 Å². The first-order valence-corrected chi connectivity index (χ1v) is 8.11. The Labute approximate surface area is 114 Å². The van der Waals surface area contributed by atoms with E-state index in [4.69, 9.17) is 0 Å². The molecule has 2 nitrogen and oxygen atoms in total. The Kier molecular flexibility index (Phi) is 4.71. The fraction of sp³-hybridized carbons (Fsp3) is 1.00. The molecular weight excluding hydrogens is 220 g/mol. The van der Waals surface area contributed by atoms with Crippen LogP contribution in [0.3, 0.4) is 0 Å². The average molecular weight is 252 g/mol. The Morgan fingerprint density at radius 2 is 1.89 bits per heavy atom. The highest BCUT2D eigenvalue weighted by atomic mass is 15.3. The molecule has 0 aromatic rings. The Bertz CT molecular complexity index is 258. The monoisotopic (exact) mass is 252 g/mol. The molecular formula is C16H32N2. The topological polar surface area (TPSA) is 15.3 Å². The van der Waals surface area contributed by atoms with Crippen LogP contribution in [-0.4, -0.2) is 36.1 Å². The van der Waals surface area contributed by atoms with Gasteiger partial charge in [-0.25, -0.2) is 0 Å². The van der Waals surface area contributed by atoms with Gasteiger partial charge in [0, 0.05) is 31.2 Å². The molecule has 1 saturated heterocycles.